The van der Waals surface area contributed by atoms with Gasteiger partial charge in [-0.25, -0.2) is 0 Å². The Morgan fingerprint density at radius 1 is 1.38 bits per heavy atom. The van der Waals surface area contributed by atoms with E-state index in [0.717, 1.165) is 6.42 Å². The van der Waals surface area contributed by atoms with Crippen LogP contribution < -0.4 is 0 Å². The van der Waals surface area contributed by atoms with E-state index >= 15 is 0 Å². The number of hydrogen-bond donors (Lipinski definition) is 0. The van der Waals surface area contributed by atoms with Crippen LogP contribution in [0.2, 0.25) is 0 Å². The van der Waals surface area contributed by atoms with E-state index < -0.39 is 0 Å². The lowest BCUT2D eigenvalue weighted by atomic mass is 10.0. The second kappa shape index (κ2) is 4.43. The highest BCUT2D eigenvalue weighted by atomic mass is 79.9. The SMILES string of the molecule is C/C=C(/CC)c1c(C)sc(C)c1Br. The number of aryl methyl sites for hydroxylation is 2. The highest BCUT2D eigenvalue weighted by Crippen LogP contribution is 2.37. The number of halogens is 1. The molecule has 0 fully saturated rings. The van der Waals surface area contributed by atoms with Gasteiger partial charge in [-0.15, -0.1) is 11.3 Å². The van der Waals surface area contributed by atoms with Gasteiger partial charge in [0.1, 0.15) is 0 Å². The summed E-state index contributed by atoms with van der Waals surface area (Å²) in [5.41, 5.74) is 2.85. The van der Waals surface area contributed by atoms with Gasteiger partial charge in [0.15, 0.2) is 0 Å². The second-order valence-electron chi connectivity index (χ2n) is 3.07. The molecule has 0 nitrogen and oxygen atoms in total. The van der Waals surface area contributed by atoms with Crippen molar-refractivity contribution in [2.24, 2.45) is 0 Å². The molecule has 13 heavy (non-hydrogen) atoms. The fraction of sp³-hybridized carbons (Fsp3) is 0.455. The van der Waals surface area contributed by atoms with Gasteiger partial charge in [-0.2, -0.15) is 0 Å². The van der Waals surface area contributed by atoms with E-state index in [-0.39, 0.29) is 0 Å². The van der Waals surface area contributed by atoms with E-state index in [1.54, 1.807) is 0 Å². The maximum Gasteiger partial charge on any atom is 0.0389 e. The van der Waals surface area contributed by atoms with Gasteiger partial charge in [0.2, 0.25) is 0 Å². The molecule has 1 rings (SSSR count). The normalized spacial score (nSPS) is 12.2. The van der Waals surface area contributed by atoms with Gasteiger partial charge in [-0.3, -0.25) is 0 Å². The van der Waals surface area contributed by atoms with Crippen molar-refractivity contribution in [1.29, 1.82) is 0 Å². The van der Waals surface area contributed by atoms with Crippen LogP contribution in [0.15, 0.2) is 10.5 Å². The lowest BCUT2D eigenvalue weighted by Crippen LogP contribution is -1.83. The van der Waals surface area contributed by atoms with Crippen molar-refractivity contribution < 1.29 is 0 Å². The van der Waals surface area contributed by atoms with Gasteiger partial charge in [0.25, 0.3) is 0 Å². The molecule has 0 aliphatic heterocycles. The summed E-state index contributed by atoms with van der Waals surface area (Å²) in [6, 6.07) is 0. The summed E-state index contributed by atoms with van der Waals surface area (Å²) < 4.78 is 1.28. The zero-order valence-electron chi connectivity index (χ0n) is 8.57. The molecular weight excluding hydrogens is 244 g/mol. The maximum absolute atomic E-state index is 3.65. The first-order valence-electron chi connectivity index (χ1n) is 4.52. The third-order valence-corrected chi connectivity index (χ3v) is 4.51. The minimum Gasteiger partial charge on any atom is -0.144 e. The smallest absolute Gasteiger partial charge is 0.0389 e. The third kappa shape index (κ3) is 2.05. The Bertz CT molecular complexity index is 334. The molecule has 2 heteroatoms. The van der Waals surface area contributed by atoms with Crippen molar-refractivity contribution in [3.8, 4) is 0 Å². The van der Waals surface area contributed by atoms with Crippen LogP contribution >= 0.6 is 27.3 Å². The molecule has 0 saturated carbocycles. The Kier molecular flexibility index (Phi) is 3.74. The zero-order valence-corrected chi connectivity index (χ0v) is 11.0. The number of allylic oxidation sites excluding steroid dienone is 2. The predicted octanol–water partition coefficient (Wildman–Crippen LogP) is 4.94. The topological polar surface area (TPSA) is 0 Å². The van der Waals surface area contributed by atoms with Gasteiger partial charge in [0, 0.05) is 19.8 Å². The average molecular weight is 259 g/mol. The highest BCUT2D eigenvalue weighted by molar-refractivity contribution is 9.10. The Balaban J connectivity index is 3.28. The first kappa shape index (κ1) is 11.0. The van der Waals surface area contributed by atoms with Gasteiger partial charge < -0.3 is 0 Å². The lowest BCUT2D eigenvalue weighted by molar-refractivity contribution is 1.22. The van der Waals surface area contributed by atoms with E-state index in [9.17, 15) is 0 Å². The van der Waals surface area contributed by atoms with Crippen molar-refractivity contribution in [2.45, 2.75) is 34.1 Å². The summed E-state index contributed by atoms with van der Waals surface area (Å²) in [6.45, 7) is 8.66. The van der Waals surface area contributed by atoms with Crippen molar-refractivity contribution in [2.75, 3.05) is 0 Å². The van der Waals surface area contributed by atoms with Crippen LogP contribution in [0.1, 0.15) is 35.6 Å². The molecule has 1 aromatic heterocycles. The van der Waals surface area contributed by atoms with Crippen molar-refractivity contribution in [1.82, 2.24) is 0 Å². The average Bonchev–Trinajstić information content (AvgIpc) is 2.34. The summed E-state index contributed by atoms with van der Waals surface area (Å²) in [5, 5.41) is 0. The largest absolute Gasteiger partial charge is 0.144 e. The summed E-state index contributed by atoms with van der Waals surface area (Å²) in [7, 11) is 0. The van der Waals surface area contributed by atoms with E-state index in [1.807, 2.05) is 11.3 Å². The molecule has 0 bridgehead atoms. The van der Waals surface area contributed by atoms with Crippen molar-refractivity contribution in [3.63, 3.8) is 0 Å². The molecule has 0 aliphatic rings. The Hall–Kier alpha value is -0.0800. The van der Waals surface area contributed by atoms with Crippen molar-refractivity contribution >= 4 is 32.8 Å². The molecule has 0 atom stereocenters. The summed E-state index contributed by atoms with van der Waals surface area (Å²) in [6.07, 6.45) is 3.31. The Morgan fingerprint density at radius 3 is 2.31 bits per heavy atom. The summed E-state index contributed by atoms with van der Waals surface area (Å²) >= 11 is 5.52. The monoisotopic (exact) mass is 258 g/mol. The molecule has 0 aliphatic carbocycles. The molecule has 72 valence electrons. The fourth-order valence-electron chi connectivity index (χ4n) is 1.55. The summed E-state index contributed by atoms with van der Waals surface area (Å²) in [5.74, 6) is 0. The zero-order chi connectivity index (χ0) is 10.0. The standard InChI is InChI=1S/C11H15BrS/c1-5-9(6-2)10-7(3)13-8(4)11(10)12/h5H,6H2,1-4H3/b9-5-. The van der Waals surface area contributed by atoms with E-state index in [0.29, 0.717) is 0 Å². The molecule has 0 N–H and O–H groups in total. The molecular formula is C11H15BrS. The first-order chi connectivity index (χ1) is 6.11. The molecule has 0 unspecified atom stereocenters. The summed E-state index contributed by atoms with van der Waals surface area (Å²) in [4.78, 5) is 2.79. The molecule has 1 aromatic rings. The minimum atomic E-state index is 1.10. The van der Waals surface area contributed by atoms with Crippen LogP contribution in [0.5, 0.6) is 0 Å². The van der Waals surface area contributed by atoms with Crippen LogP contribution in [0, 0.1) is 13.8 Å². The lowest BCUT2D eigenvalue weighted by Gasteiger charge is -2.04. The first-order valence-corrected chi connectivity index (χ1v) is 6.13. The van der Waals surface area contributed by atoms with E-state index in [2.05, 4.69) is 49.7 Å². The molecule has 0 amide bonds. The Morgan fingerprint density at radius 2 is 2.00 bits per heavy atom. The van der Waals surface area contributed by atoms with E-state index in [1.165, 1.54) is 25.4 Å². The van der Waals surface area contributed by atoms with Crippen molar-refractivity contribution in [3.05, 3.63) is 25.9 Å². The van der Waals surface area contributed by atoms with Crippen LogP contribution in [0.4, 0.5) is 0 Å². The minimum absolute atomic E-state index is 1.10. The van der Waals surface area contributed by atoms with E-state index in [4.69, 9.17) is 0 Å². The third-order valence-electron chi connectivity index (χ3n) is 2.24. The van der Waals surface area contributed by atoms with Gasteiger partial charge in [-0.05, 0) is 48.7 Å². The van der Waals surface area contributed by atoms with Crippen LogP contribution in [-0.4, -0.2) is 0 Å². The number of thiophene rings is 1. The van der Waals surface area contributed by atoms with Gasteiger partial charge >= 0.3 is 0 Å². The van der Waals surface area contributed by atoms with Crippen LogP contribution in [0.3, 0.4) is 0 Å². The number of rotatable bonds is 2. The second-order valence-corrected chi connectivity index (χ2v) is 5.29. The highest BCUT2D eigenvalue weighted by Gasteiger charge is 2.12. The van der Waals surface area contributed by atoms with Gasteiger partial charge in [0.05, 0.1) is 0 Å². The fourth-order valence-corrected chi connectivity index (χ4v) is 3.46. The predicted molar refractivity (Wildman–Crippen MR) is 65.4 cm³/mol. The quantitative estimate of drug-likeness (QED) is 0.705. The Labute approximate surface area is 92.8 Å². The molecule has 0 saturated heterocycles. The molecule has 0 radical (unpaired) electrons. The maximum atomic E-state index is 3.65. The van der Waals surface area contributed by atoms with Gasteiger partial charge in [-0.1, -0.05) is 13.0 Å². The van der Waals surface area contributed by atoms with Crippen LogP contribution in [-0.2, 0) is 0 Å². The van der Waals surface area contributed by atoms with Crippen LogP contribution in [0.25, 0.3) is 5.57 Å². The number of hydrogen-bond acceptors (Lipinski definition) is 1. The molecule has 0 aromatic carbocycles. The molecule has 0 spiro atoms. The molecule has 1 heterocycles.